The van der Waals surface area contributed by atoms with Crippen LogP contribution in [0.5, 0.6) is 0 Å². The lowest BCUT2D eigenvalue weighted by Gasteiger charge is -2.27. The number of para-hydroxylation sites is 1. The smallest absolute Gasteiger partial charge is 0.262 e. The van der Waals surface area contributed by atoms with Crippen LogP contribution in [0.25, 0.3) is 21.1 Å². The molecule has 4 heterocycles. The molecule has 0 unspecified atom stereocenters. The fourth-order valence-corrected chi connectivity index (χ4v) is 5.39. The second-order valence-electron chi connectivity index (χ2n) is 6.88. The molecule has 0 saturated heterocycles. The zero-order chi connectivity index (χ0) is 19.3. The van der Waals surface area contributed by atoms with Crippen LogP contribution in [-0.4, -0.2) is 37.6 Å². The minimum atomic E-state index is -0.0670. The number of benzene rings is 1. The lowest BCUT2D eigenvalue weighted by atomic mass is 10.0. The van der Waals surface area contributed by atoms with Crippen LogP contribution < -0.4 is 5.56 Å². The van der Waals surface area contributed by atoms with Gasteiger partial charge in [-0.15, -0.1) is 11.3 Å². The minimum Gasteiger partial charge on any atom is -0.358 e. The molecule has 4 aromatic rings. The molecular formula is C20H18N4O2S2. The maximum atomic E-state index is 12.8. The van der Waals surface area contributed by atoms with Crippen LogP contribution in [0.2, 0.25) is 0 Å². The zero-order valence-electron chi connectivity index (χ0n) is 15.3. The maximum Gasteiger partial charge on any atom is 0.262 e. The highest BCUT2D eigenvalue weighted by molar-refractivity contribution is 7.99. The van der Waals surface area contributed by atoms with E-state index in [0.29, 0.717) is 23.6 Å². The van der Waals surface area contributed by atoms with Gasteiger partial charge in [-0.1, -0.05) is 30.0 Å². The van der Waals surface area contributed by atoms with E-state index in [1.54, 1.807) is 13.1 Å². The second-order valence-corrected chi connectivity index (χ2v) is 8.72. The Kier molecular flexibility index (Phi) is 4.25. The topological polar surface area (TPSA) is 71.0 Å². The number of nitrogens with zero attached hydrogens (tertiary/aromatic N) is 3. The van der Waals surface area contributed by atoms with Crippen LogP contribution >= 0.6 is 23.1 Å². The Morgan fingerprint density at radius 1 is 1.29 bits per heavy atom. The van der Waals surface area contributed by atoms with E-state index in [0.717, 1.165) is 16.8 Å². The van der Waals surface area contributed by atoms with Crippen molar-refractivity contribution in [3.8, 4) is 0 Å². The SMILES string of the molecule is Cn1c(SCC(=O)N2CCc3[nH]c4ccccc4c3C2)nc2sccc2c1=O. The third kappa shape index (κ3) is 2.84. The van der Waals surface area contributed by atoms with Gasteiger partial charge in [0.1, 0.15) is 4.83 Å². The number of H-pyrrole nitrogens is 1. The van der Waals surface area contributed by atoms with Gasteiger partial charge in [-0.2, -0.15) is 0 Å². The Labute approximate surface area is 169 Å². The standard InChI is InChI=1S/C20H18N4O2S2/c1-23-19(26)13-7-9-27-18(13)22-20(23)28-11-17(25)24-8-6-16-14(10-24)12-4-2-3-5-15(12)21-16/h2-5,7,9,21H,6,8,10-11H2,1H3. The zero-order valence-corrected chi connectivity index (χ0v) is 16.9. The predicted molar refractivity (Wildman–Crippen MR) is 113 cm³/mol. The molecule has 1 aliphatic heterocycles. The van der Waals surface area contributed by atoms with Crippen LogP contribution in [0.15, 0.2) is 45.7 Å². The van der Waals surface area contributed by atoms with E-state index >= 15 is 0 Å². The molecule has 0 fully saturated rings. The van der Waals surface area contributed by atoms with E-state index in [1.165, 1.54) is 44.3 Å². The molecule has 1 aliphatic rings. The third-order valence-electron chi connectivity index (χ3n) is 5.22. The molecule has 28 heavy (non-hydrogen) atoms. The molecule has 1 N–H and O–H groups in total. The van der Waals surface area contributed by atoms with Gasteiger partial charge in [0, 0.05) is 48.7 Å². The first-order chi connectivity index (χ1) is 13.6. The summed E-state index contributed by atoms with van der Waals surface area (Å²) in [7, 11) is 1.71. The van der Waals surface area contributed by atoms with Gasteiger partial charge in [-0.3, -0.25) is 14.2 Å². The van der Waals surface area contributed by atoms with Crippen LogP contribution in [0.3, 0.4) is 0 Å². The summed E-state index contributed by atoms with van der Waals surface area (Å²) in [6.45, 7) is 1.32. The molecule has 0 saturated carbocycles. The third-order valence-corrected chi connectivity index (χ3v) is 7.05. The van der Waals surface area contributed by atoms with Crippen LogP contribution in [0.1, 0.15) is 11.3 Å². The van der Waals surface area contributed by atoms with Crippen LogP contribution in [0.4, 0.5) is 0 Å². The summed E-state index contributed by atoms with van der Waals surface area (Å²) in [6, 6.07) is 10.0. The molecule has 0 aliphatic carbocycles. The number of thiophene rings is 1. The molecular weight excluding hydrogens is 392 g/mol. The number of fused-ring (bicyclic) bond motifs is 4. The molecule has 5 rings (SSSR count). The molecule has 0 radical (unpaired) electrons. The monoisotopic (exact) mass is 410 g/mol. The van der Waals surface area contributed by atoms with Gasteiger partial charge in [-0.05, 0) is 17.5 Å². The van der Waals surface area contributed by atoms with Crippen molar-refractivity contribution in [1.29, 1.82) is 0 Å². The quantitative estimate of drug-likeness (QED) is 0.416. The van der Waals surface area contributed by atoms with Gasteiger partial charge in [0.25, 0.3) is 5.56 Å². The van der Waals surface area contributed by atoms with Gasteiger partial charge >= 0.3 is 0 Å². The van der Waals surface area contributed by atoms with Crippen molar-refractivity contribution in [2.75, 3.05) is 12.3 Å². The van der Waals surface area contributed by atoms with Gasteiger partial charge < -0.3 is 9.88 Å². The number of rotatable bonds is 3. The summed E-state index contributed by atoms with van der Waals surface area (Å²) in [4.78, 5) is 35.9. The molecule has 8 heteroatoms. The molecule has 0 bridgehead atoms. The van der Waals surface area contributed by atoms with E-state index in [1.807, 2.05) is 22.4 Å². The number of amides is 1. The number of nitrogens with one attached hydrogen (secondary N) is 1. The molecule has 1 amide bonds. The first-order valence-corrected chi connectivity index (χ1v) is 10.9. The van der Waals surface area contributed by atoms with E-state index in [2.05, 4.69) is 22.1 Å². The maximum absolute atomic E-state index is 12.8. The van der Waals surface area contributed by atoms with Crippen molar-refractivity contribution in [2.45, 2.75) is 18.1 Å². The van der Waals surface area contributed by atoms with Gasteiger partial charge in [0.05, 0.1) is 11.1 Å². The van der Waals surface area contributed by atoms with E-state index < -0.39 is 0 Å². The highest BCUT2D eigenvalue weighted by Gasteiger charge is 2.24. The average molecular weight is 411 g/mol. The molecule has 1 aromatic carbocycles. The first kappa shape index (κ1) is 17.5. The molecule has 142 valence electrons. The minimum absolute atomic E-state index is 0.0670. The highest BCUT2D eigenvalue weighted by Crippen LogP contribution is 2.28. The summed E-state index contributed by atoms with van der Waals surface area (Å²) in [5.41, 5.74) is 3.50. The fourth-order valence-electron chi connectivity index (χ4n) is 3.71. The van der Waals surface area contributed by atoms with E-state index in [9.17, 15) is 9.59 Å². The van der Waals surface area contributed by atoms with Crippen molar-refractivity contribution in [3.05, 3.63) is 57.3 Å². The summed E-state index contributed by atoms with van der Waals surface area (Å²) >= 11 is 2.77. The Balaban J connectivity index is 1.34. The number of hydrogen-bond acceptors (Lipinski definition) is 5. The fraction of sp³-hybridized carbons (Fsp3) is 0.250. The number of carbonyl (C=O) groups is 1. The summed E-state index contributed by atoms with van der Waals surface area (Å²) in [5.74, 6) is 0.343. The largest absolute Gasteiger partial charge is 0.358 e. The molecule has 0 spiro atoms. The second kappa shape index (κ2) is 6.79. The van der Waals surface area contributed by atoms with Crippen LogP contribution in [-0.2, 0) is 24.8 Å². The van der Waals surface area contributed by atoms with Crippen molar-refractivity contribution in [2.24, 2.45) is 7.05 Å². The Hall–Kier alpha value is -2.58. The number of carbonyl (C=O) groups excluding carboxylic acids is 1. The van der Waals surface area contributed by atoms with Crippen molar-refractivity contribution >= 4 is 50.1 Å². The number of aromatic nitrogens is 3. The lowest BCUT2D eigenvalue weighted by molar-refractivity contribution is -0.129. The molecule has 0 atom stereocenters. The normalized spacial score (nSPS) is 14.0. The van der Waals surface area contributed by atoms with Crippen molar-refractivity contribution < 1.29 is 4.79 Å². The van der Waals surface area contributed by atoms with E-state index in [4.69, 9.17) is 0 Å². The summed E-state index contributed by atoms with van der Waals surface area (Å²) in [5, 5.41) is 4.27. The van der Waals surface area contributed by atoms with Crippen molar-refractivity contribution in [1.82, 2.24) is 19.4 Å². The van der Waals surface area contributed by atoms with Crippen LogP contribution in [0, 0.1) is 0 Å². The van der Waals surface area contributed by atoms with Gasteiger partial charge in [-0.25, -0.2) is 4.98 Å². The Morgan fingerprint density at radius 3 is 3.04 bits per heavy atom. The number of hydrogen-bond donors (Lipinski definition) is 1. The lowest BCUT2D eigenvalue weighted by Crippen LogP contribution is -2.37. The summed E-state index contributed by atoms with van der Waals surface area (Å²) < 4.78 is 1.53. The predicted octanol–water partition coefficient (Wildman–Crippen LogP) is 3.15. The van der Waals surface area contributed by atoms with E-state index in [-0.39, 0.29) is 17.2 Å². The summed E-state index contributed by atoms with van der Waals surface area (Å²) in [6.07, 6.45) is 0.832. The molecule has 3 aromatic heterocycles. The number of thioether (sulfide) groups is 1. The van der Waals surface area contributed by atoms with Gasteiger partial charge in [0.2, 0.25) is 5.91 Å². The highest BCUT2D eigenvalue weighted by atomic mass is 32.2. The Morgan fingerprint density at radius 2 is 2.14 bits per heavy atom. The average Bonchev–Trinajstić information content (AvgIpc) is 3.33. The van der Waals surface area contributed by atoms with Crippen molar-refractivity contribution in [3.63, 3.8) is 0 Å². The number of aromatic amines is 1. The molecule has 6 nitrogen and oxygen atoms in total. The first-order valence-electron chi connectivity index (χ1n) is 9.05. The Bertz CT molecular complexity index is 1270. The van der Waals surface area contributed by atoms with Gasteiger partial charge in [0.15, 0.2) is 5.16 Å².